The van der Waals surface area contributed by atoms with Crippen molar-refractivity contribution in [3.8, 4) is 17.2 Å². The fourth-order valence-corrected chi connectivity index (χ4v) is 3.67. The highest BCUT2D eigenvalue weighted by atomic mass is 16.5. The first-order valence-corrected chi connectivity index (χ1v) is 8.91. The summed E-state index contributed by atoms with van der Waals surface area (Å²) in [5.41, 5.74) is 1.32. The summed E-state index contributed by atoms with van der Waals surface area (Å²) in [6.07, 6.45) is 0.0934. The molecule has 0 bridgehead atoms. The Bertz CT molecular complexity index is 952. The lowest BCUT2D eigenvalue weighted by Crippen LogP contribution is -2.35. The van der Waals surface area contributed by atoms with Crippen LogP contribution in [0, 0.1) is 0 Å². The fourth-order valence-electron chi connectivity index (χ4n) is 3.67. The summed E-state index contributed by atoms with van der Waals surface area (Å²) in [6, 6.07) is 23.0. The molecule has 0 amide bonds. The van der Waals surface area contributed by atoms with Crippen LogP contribution in [0.2, 0.25) is 0 Å². The second-order valence-corrected chi connectivity index (χ2v) is 6.68. The number of rotatable bonds is 4. The van der Waals surface area contributed by atoms with Crippen LogP contribution in [-0.4, -0.2) is 19.3 Å². The molecule has 4 nitrogen and oxygen atoms in total. The van der Waals surface area contributed by atoms with Gasteiger partial charge in [0.1, 0.15) is 29.0 Å². The van der Waals surface area contributed by atoms with E-state index in [-0.39, 0.29) is 6.10 Å². The zero-order valence-electron chi connectivity index (χ0n) is 15.4. The number of benzene rings is 3. The third kappa shape index (κ3) is 3.13. The minimum Gasteiger partial charge on any atom is -0.497 e. The highest BCUT2D eigenvalue weighted by Crippen LogP contribution is 2.48. The predicted molar refractivity (Wildman–Crippen MR) is 103 cm³/mol. The Balaban J connectivity index is 1.82. The van der Waals surface area contributed by atoms with E-state index in [2.05, 4.69) is 0 Å². The summed E-state index contributed by atoms with van der Waals surface area (Å²) in [5, 5.41) is 11.8. The summed E-state index contributed by atoms with van der Waals surface area (Å²) in [6.45, 7) is 0. The summed E-state index contributed by atoms with van der Waals surface area (Å²) < 4.78 is 17.0. The molecule has 0 radical (unpaired) electrons. The van der Waals surface area contributed by atoms with E-state index in [9.17, 15) is 5.11 Å². The molecule has 0 unspecified atom stereocenters. The van der Waals surface area contributed by atoms with Crippen molar-refractivity contribution in [3.05, 3.63) is 89.5 Å². The van der Waals surface area contributed by atoms with Crippen LogP contribution >= 0.6 is 0 Å². The average Bonchev–Trinajstić information content (AvgIpc) is 2.74. The van der Waals surface area contributed by atoms with Gasteiger partial charge < -0.3 is 19.3 Å². The van der Waals surface area contributed by atoms with E-state index < -0.39 is 5.60 Å². The van der Waals surface area contributed by atoms with E-state index in [0.29, 0.717) is 17.9 Å². The van der Waals surface area contributed by atoms with Gasteiger partial charge in [-0.1, -0.05) is 42.5 Å². The zero-order chi connectivity index (χ0) is 18.9. The maximum atomic E-state index is 11.8. The van der Waals surface area contributed by atoms with E-state index in [1.54, 1.807) is 14.2 Å². The standard InChI is InChI=1S/C23H22O4/c1-25-18-9-5-7-16(13-18)22-15-23(24,17-8-6-10-19(14-17)26-2)20-11-3-4-12-21(20)27-22/h3-14,22,24H,15H2,1-2H3/t22-,23+/m0/s1. The Morgan fingerprint density at radius 1 is 0.889 bits per heavy atom. The molecule has 138 valence electrons. The molecule has 0 fully saturated rings. The number of fused-ring (bicyclic) bond motifs is 1. The van der Waals surface area contributed by atoms with Crippen molar-refractivity contribution < 1.29 is 19.3 Å². The van der Waals surface area contributed by atoms with Gasteiger partial charge in [0.2, 0.25) is 0 Å². The summed E-state index contributed by atoms with van der Waals surface area (Å²) in [7, 11) is 3.27. The highest BCUT2D eigenvalue weighted by molar-refractivity contribution is 5.49. The van der Waals surface area contributed by atoms with Crippen LogP contribution in [0.15, 0.2) is 72.8 Å². The van der Waals surface area contributed by atoms with Crippen molar-refractivity contribution in [2.24, 2.45) is 0 Å². The van der Waals surface area contributed by atoms with Gasteiger partial charge in [0, 0.05) is 12.0 Å². The smallest absolute Gasteiger partial charge is 0.127 e. The van der Waals surface area contributed by atoms with Gasteiger partial charge in [-0.05, 0) is 41.5 Å². The Morgan fingerprint density at radius 2 is 1.59 bits per heavy atom. The highest BCUT2D eigenvalue weighted by Gasteiger charge is 2.42. The first-order chi connectivity index (χ1) is 13.1. The molecule has 1 N–H and O–H groups in total. The Kier molecular flexibility index (Phi) is 4.50. The fraction of sp³-hybridized carbons (Fsp3) is 0.217. The van der Waals surface area contributed by atoms with Crippen LogP contribution in [0.5, 0.6) is 17.2 Å². The minimum absolute atomic E-state index is 0.300. The lowest BCUT2D eigenvalue weighted by Gasteiger charge is -2.39. The maximum absolute atomic E-state index is 11.8. The van der Waals surface area contributed by atoms with Crippen LogP contribution in [0.25, 0.3) is 0 Å². The van der Waals surface area contributed by atoms with E-state index in [1.165, 1.54) is 0 Å². The zero-order valence-corrected chi connectivity index (χ0v) is 15.4. The van der Waals surface area contributed by atoms with Crippen molar-refractivity contribution in [3.63, 3.8) is 0 Å². The van der Waals surface area contributed by atoms with Crippen molar-refractivity contribution in [2.45, 2.75) is 18.1 Å². The molecule has 0 aromatic heterocycles. The number of hydrogen-bond donors (Lipinski definition) is 1. The molecule has 2 atom stereocenters. The molecule has 4 heteroatoms. The van der Waals surface area contributed by atoms with E-state index >= 15 is 0 Å². The van der Waals surface area contributed by atoms with E-state index in [4.69, 9.17) is 14.2 Å². The van der Waals surface area contributed by atoms with Gasteiger partial charge >= 0.3 is 0 Å². The predicted octanol–water partition coefficient (Wildman–Crippen LogP) is 4.46. The van der Waals surface area contributed by atoms with Crippen LogP contribution in [-0.2, 0) is 5.60 Å². The van der Waals surface area contributed by atoms with Crippen molar-refractivity contribution >= 4 is 0 Å². The Labute approximate surface area is 158 Å². The Hall–Kier alpha value is -2.98. The van der Waals surface area contributed by atoms with Crippen LogP contribution in [0.4, 0.5) is 0 Å². The first kappa shape index (κ1) is 17.4. The molecule has 0 spiro atoms. The van der Waals surface area contributed by atoms with Gasteiger partial charge in [0.25, 0.3) is 0 Å². The van der Waals surface area contributed by atoms with Gasteiger partial charge in [0.05, 0.1) is 14.2 Å². The lowest BCUT2D eigenvalue weighted by molar-refractivity contribution is 0.000423. The van der Waals surface area contributed by atoms with Gasteiger partial charge in [-0.3, -0.25) is 0 Å². The average molecular weight is 362 g/mol. The second kappa shape index (κ2) is 6.97. The molecule has 3 aromatic carbocycles. The normalized spacial score (nSPS) is 21.1. The van der Waals surface area contributed by atoms with Gasteiger partial charge in [-0.25, -0.2) is 0 Å². The van der Waals surface area contributed by atoms with Crippen molar-refractivity contribution in [1.82, 2.24) is 0 Å². The van der Waals surface area contributed by atoms with Crippen LogP contribution in [0.1, 0.15) is 29.2 Å². The SMILES string of the molecule is COc1cccc([C@@H]2C[C@@](O)(c3cccc(OC)c3)c3ccccc3O2)c1. The van der Waals surface area contributed by atoms with Crippen molar-refractivity contribution in [1.29, 1.82) is 0 Å². The molecule has 0 saturated heterocycles. The van der Waals surface area contributed by atoms with Crippen molar-refractivity contribution in [2.75, 3.05) is 14.2 Å². The molecule has 0 saturated carbocycles. The largest absolute Gasteiger partial charge is 0.497 e. The number of ether oxygens (including phenoxy) is 3. The summed E-state index contributed by atoms with van der Waals surface area (Å²) in [4.78, 5) is 0. The second-order valence-electron chi connectivity index (χ2n) is 6.68. The quantitative estimate of drug-likeness (QED) is 0.744. The number of para-hydroxylation sites is 1. The van der Waals surface area contributed by atoms with Crippen LogP contribution < -0.4 is 14.2 Å². The molecule has 1 aliphatic rings. The van der Waals surface area contributed by atoms with E-state index in [0.717, 1.165) is 22.4 Å². The first-order valence-electron chi connectivity index (χ1n) is 8.91. The molecule has 4 rings (SSSR count). The van der Waals surface area contributed by atoms with Gasteiger partial charge in [-0.15, -0.1) is 0 Å². The molecule has 0 aliphatic carbocycles. The third-order valence-electron chi connectivity index (χ3n) is 5.10. The van der Waals surface area contributed by atoms with E-state index in [1.807, 2.05) is 72.8 Å². The monoisotopic (exact) mass is 362 g/mol. The molecular formula is C23H22O4. The molecule has 3 aromatic rings. The minimum atomic E-state index is -1.18. The van der Waals surface area contributed by atoms with Gasteiger partial charge in [0.15, 0.2) is 0 Å². The molecule has 1 heterocycles. The molecule has 27 heavy (non-hydrogen) atoms. The lowest BCUT2D eigenvalue weighted by atomic mass is 9.78. The third-order valence-corrected chi connectivity index (χ3v) is 5.10. The van der Waals surface area contributed by atoms with Gasteiger partial charge in [-0.2, -0.15) is 0 Å². The number of hydrogen-bond acceptors (Lipinski definition) is 4. The van der Waals surface area contributed by atoms with Crippen LogP contribution in [0.3, 0.4) is 0 Å². The molecular weight excluding hydrogens is 340 g/mol. The molecule has 1 aliphatic heterocycles. The number of methoxy groups -OCH3 is 2. The summed E-state index contributed by atoms with van der Waals surface area (Å²) >= 11 is 0. The Morgan fingerprint density at radius 3 is 2.37 bits per heavy atom. The topological polar surface area (TPSA) is 47.9 Å². The maximum Gasteiger partial charge on any atom is 0.127 e. The summed E-state index contributed by atoms with van der Waals surface area (Å²) in [5.74, 6) is 2.16. The number of aliphatic hydroxyl groups is 1.